The van der Waals surface area contributed by atoms with Crippen LogP contribution in [0.2, 0.25) is 5.02 Å². The minimum atomic E-state index is -2.22. The van der Waals surface area contributed by atoms with Crippen molar-refractivity contribution in [3.05, 3.63) is 58.9 Å². The van der Waals surface area contributed by atoms with Gasteiger partial charge in [-0.1, -0.05) is 58.5 Å². The fourth-order valence-electron chi connectivity index (χ4n) is 2.08. The van der Waals surface area contributed by atoms with E-state index in [1.807, 2.05) is 0 Å². The molecule has 3 rings (SSSR count). The zero-order valence-corrected chi connectivity index (χ0v) is 14.7. The van der Waals surface area contributed by atoms with Crippen molar-refractivity contribution in [2.45, 2.75) is 9.70 Å². The van der Waals surface area contributed by atoms with Gasteiger partial charge < -0.3 is 9.47 Å². The lowest BCUT2D eigenvalue weighted by Gasteiger charge is -2.33. The fourth-order valence-corrected chi connectivity index (χ4v) is 2.61. The van der Waals surface area contributed by atoms with E-state index in [-0.39, 0.29) is 17.1 Å². The Labute approximate surface area is 156 Å². The number of carbonyl (C=O) groups excluding carboxylic acids is 1. The maximum Gasteiger partial charge on any atom is 0.388 e. The van der Waals surface area contributed by atoms with Gasteiger partial charge >= 0.3 is 5.91 Å². The summed E-state index contributed by atoms with van der Waals surface area (Å²) in [5, 5.41) is 2.65. The Balaban J connectivity index is 1.95. The number of amides is 1. The van der Waals surface area contributed by atoms with Crippen molar-refractivity contribution in [2.75, 3.05) is 0 Å². The van der Waals surface area contributed by atoms with Crippen LogP contribution in [0.5, 0.6) is 11.5 Å². The number of hydrogen-bond donors (Lipinski definition) is 1. The van der Waals surface area contributed by atoms with Crippen LogP contribution >= 0.6 is 46.4 Å². The molecule has 1 amide bonds. The Hall–Kier alpha value is -1.40. The zero-order chi connectivity index (χ0) is 17.5. The quantitative estimate of drug-likeness (QED) is 0.729. The van der Waals surface area contributed by atoms with Crippen molar-refractivity contribution in [3.63, 3.8) is 0 Å². The van der Waals surface area contributed by atoms with Gasteiger partial charge in [0.05, 0.1) is 5.56 Å². The number of benzene rings is 2. The van der Waals surface area contributed by atoms with Gasteiger partial charge in [0, 0.05) is 11.1 Å². The molecule has 0 saturated carbocycles. The predicted molar refractivity (Wildman–Crippen MR) is 89.6 cm³/mol. The van der Waals surface area contributed by atoms with Gasteiger partial charge in [0.15, 0.2) is 11.5 Å². The van der Waals surface area contributed by atoms with E-state index in [0.717, 1.165) is 6.07 Å². The first-order valence-electron chi connectivity index (χ1n) is 6.53. The van der Waals surface area contributed by atoms with Crippen molar-refractivity contribution in [3.8, 4) is 11.5 Å². The first-order chi connectivity index (χ1) is 11.2. The summed E-state index contributed by atoms with van der Waals surface area (Å²) >= 11 is 23.7. The van der Waals surface area contributed by atoms with Crippen molar-refractivity contribution in [2.24, 2.45) is 0 Å². The molecule has 24 heavy (non-hydrogen) atoms. The second kappa shape index (κ2) is 6.15. The van der Waals surface area contributed by atoms with Crippen LogP contribution in [-0.2, 0) is 0 Å². The molecule has 4 nitrogen and oxygen atoms in total. The lowest BCUT2D eigenvalue weighted by atomic mass is 10.2. The summed E-state index contributed by atoms with van der Waals surface area (Å²) < 4.78 is 22.6. The van der Waals surface area contributed by atoms with Crippen LogP contribution in [0.25, 0.3) is 0 Å². The molecule has 1 heterocycles. The predicted octanol–water partition coefficient (Wildman–Crippen LogP) is 4.70. The van der Waals surface area contributed by atoms with Gasteiger partial charge in [-0.3, -0.25) is 10.1 Å². The summed E-state index contributed by atoms with van der Waals surface area (Å²) in [7, 11) is 0. The van der Waals surface area contributed by atoms with E-state index in [1.165, 1.54) is 36.4 Å². The third-order valence-corrected chi connectivity index (χ3v) is 4.16. The van der Waals surface area contributed by atoms with Crippen molar-refractivity contribution in [1.29, 1.82) is 0 Å². The topological polar surface area (TPSA) is 47.6 Å². The van der Waals surface area contributed by atoms with Crippen LogP contribution in [0.4, 0.5) is 4.39 Å². The molecule has 0 spiro atoms. The smallest absolute Gasteiger partial charge is 0.388 e. The van der Waals surface area contributed by atoms with Crippen LogP contribution in [0.1, 0.15) is 10.4 Å². The van der Waals surface area contributed by atoms with E-state index in [0.29, 0.717) is 5.02 Å². The third-order valence-electron chi connectivity index (χ3n) is 3.18. The zero-order valence-electron chi connectivity index (χ0n) is 11.7. The minimum absolute atomic E-state index is 0.169. The molecule has 1 N–H and O–H groups in total. The van der Waals surface area contributed by atoms with Gasteiger partial charge in [-0.25, -0.2) is 4.39 Å². The molecule has 0 aliphatic carbocycles. The number of carbonyl (C=O) groups is 1. The number of hydrogen-bond acceptors (Lipinski definition) is 3. The molecule has 0 saturated heterocycles. The number of nitrogens with one attached hydrogen (secondary N) is 1. The first-order valence-corrected chi connectivity index (χ1v) is 8.04. The molecule has 0 aromatic heterocycles. The van der Waals surface area contributed by atoms with E-state index < -0.39 is 21.4 Å². The molecule has 1 atom stereocenters. The van der Waals surface area contributed by atoms with Crippen molar-refractivity contribution in [1.82, 2.24) is 5.32 Å². The van der Waals surface area contributed by atoms with Crippen LogP contribution in [0.15, 0.2) is 42.5 Å². The highest BCUT2D eigenvalue weighted by Crippen LogP contribution is 2.49. The van der Waals surface area contributed by atoms with Gasteiger partial charge in [-0.05, 0) is 24.3 Å². The van der Waals surface area contributed by atoms with Gasteiger partial charge in [0.2, 0.25) is 0 Å². The average Bonchev–Trinajstić information content (AvgIpc) is 2.85. The lowest BCUT2D eigenvalue weighted by molar-refractivity contribution is -0.0953. The maximum atomic E-state index is 13.8. The second-order valence-electron chi connectivity index (χ2n) is 4.84. The van der Waals surface area contributed by atoms with Crippen LogP contribution < -0.4 is 14.8 Å². The van der Waals surface area contributed by atoms with Crippen LogP contribution in [0.3, 0.4) is 0 Å². The summed E-state index contributed by atoms with van der Waals surface area (Å²) in [5.74, 6) is -3.42. The van der Waals surface area contributed by atoms with Gasteiger partial charge in [-0.15, -0.1) is 0 Å². The van der Waals surface area contributed by atoms with E-state index in [1.54, 1.807) is 0 Å². The Morgan fingerprint density at radius 3 is 2.42 bits per heavy atom. The van der Waals surface area contributed by atoms with E-state index in [2.05, 4.69) is 5.32 Å². The van der Waals surface area contributed by atoms with Crippen LogP contribution in [-0.4, -0.2) is 15.6 Å². The molecule has 0 radical (unpaired) electrons. The Bertz CT molecular complexity index is 812. The number of rotatable bonds is 2. The second-order valence-corrected chi connectivity index (χ2v) is 7.56. The van der Waals surface area contributed by atoms with Gasteiger partial charge in [-0.2, -0.15) is 0 Å². The van der Waals surface area contributed by atoms with Crippen LogP contribution in [0, 0.1) is 5.82 Å². The molecule has 2 aromatic rings. The normalized spacial score (nSPS) is 19.2. The Kier molecular flexibility index (Phi) is 4.47. The number of fused-ring (bicyclic) bond motifs is 1. The molecule has 1 unspecified atom stereocenters. The third kappa shape index (κ3) is 3.09. The van der Waals surface area contributed by atoms with Gasteiger partial charge in [0.1, 0.15) is 5.82 Å². The van der Waals surface area contributed by atoms with Crippen molar-refractivity contribution < 1.29 is 18.7 Å². The molecular weight excluding hydrogens is 403 g/mol. The highest BCUT2D eigenvalue weighted by Gasteiger charge is 2.59. The molecule has 1 aliphatic heterocycles. The Morgan fingerprint density at radius 1 is 1.08 bits per heavy atom. The highest BCUT2D eigenvalue weighted by atomic mass is 35.6. The SMILES string of the molecule is O=C(NC1(C(Cl)(Cl)Cl)Oc2ccc(Cl)cc2O1)c1ccccc1F. The lowest BCUT2D eigenvalue weighted by Crippen LogP contribution is -2.63. The summed E-state index contributed by atoms with van der Waals surface area (Å²) in [6, 6.07) is 9.80. The summed E-state index contributed by atoms with van der Waals surface area (Å²) in [4.78, 5) is 12.4. The van der Waals surface area contributed by atoms with E-state index in [9.17, 15) is 9.18 Å². The Morgan fingerprint density at radius 2 is 1.75 bits per heavy atom. The average molecular weight is 411 g/mol. The highest BCUT2D eigenvalue weighted by molar-refractivity contribution is 6.68. The number of ether oxygens (including phenoxy) is 2. The molecule has 126 valence electrons. The molecule has 1 aliphatic rings. The summed E-state index contributed by atoms with van der Waals surface area (Å²) in [5.41, 5.74) is -0.257. The van der Waals surface area contributed by atoms with E-state index >= 15 is 0 Å². The van der Waals surface area contributed by atoms with Gasteiger partial charge in [0.25, 0.3) is 9.70 Å². The number of alkyl halides is 3. The standard InChI is InChI=1S/C15H8Cl4FNO3/c16-8-5-6-11-12(7-8)24-15(23-11,14(17,18)19)21-13(22)9-3-1-2-4-10(9)20/h1-7H,(H,21,22). The summed E-state index contributed by atoms with van der Waals surface area (Å²) in [6.45, 7) is 0. The molecular formula is C15H8Cl4FNO3. The van der Waals surface area contributed by atoms with E-state index in [4.69, 9.17) is 55.9 Å². The molecule has 2 aromatic carbocycles. The molecule has 0 fully saturated rings. The first kappa shape index (κ1) is 17.4. The molecule has 9 heteroatoms. The number of halogens is 5. The maximum absolute atomic E-state index is 13.8. The largest absolute Gasteiger partial charge is 0.428 e. The van der Waals surface area contributed by atoms with Crippen molar-refractivity contribution >= 4 is 52.3 Å². The fraction of sp³-hybridized carbons (Fsp3) is 0.133. The monoisotopic (exact) mass is 409 g/mol. The molecule has 0 bridgehead atoms. The summed E-state index contributed by atoms with van der Waals surface area (Å²) in [6.07, 6.45) is 0. The minimum Gasteiger partial charge on any atom is -0.428 e.